The van der Waals surface area contributed by atoms with E-state index >= 15 is 0 Å². The van der Waals surface area contributed by atoms with Crippen molar-refractivity contribution in [1.29, 1.82) is 0 Å². The molecule has 1 radical (unpaired) electrons. The van der Waals surface area contributed by atoms with Crippen LogP contribution in [-0.4, -0.2) is 11.9 Å². The van der Waals surface area contributed by atoms with Gasteiger partial charge in [0.05, 0.1) is 0 Å². The van der Waals surface area contributed by atoms with Gasteiger partial charge in [-0.2, -0.15) is 49.7 Å². The standard InChI is InChI=1S/C24H20B.C10H12O.C10H15.Ru/c1-5-13-21(14-6-1)25(22-15-7-2-8-16-22,23-17-9-3-10-18-23)24-19-11-4-12-20-24;1-2-6-10(11)9-7-4-3-5-8-9;1-6-7(2)9(4)10(5)8(6)3;/h1-20H;3-5,7-8H,2,6H2,1H3;1-5H3;/q-1;;-1;+1. The van der Waals surface area contributed by atoms with Gasteiger partial charge in [-0.05, 0) is 6.42 Å². The van der Waals surface area contributed by atoms with Crippen LogP contribution >= 0.6 is 0 Å². The molecule has 0 bridgehead atoms. The molecule has 0 fully saturated rings. The van der Waals surface area contributed by atoms with Gasteiger partial charge in [-0.25, -0.2) is 0 Å². The van der Waals surface area contributed by atoms with Gasteiger partial charge in [-0.15, -0.1) is 0 Å². The molecule has 0 saturated carbocycles. The van der Waals surface area contributed by atoms with Gasteiger partial charge in [-0.1, -0.05) is 193 Å². The first-order valence-corrected chi connectivity index (χ1v) is 16.5. The van der Waals surface area contributed by atoms with E-state index in [0.717, 1.165) is 12.0 Å². The molecule has 0 aliphatic rings. The number of hydrogen-bond donors (Lipinski definition) is 0. The van der Waals surface area contributed by atoms with E-state index in [4.69, 9.17) is 0 Å². The quantitative estimate of drug-likeness (QED) is 0.0925. The normalized spacial score (nSPS) is 10.4. The summed E-state index contributed by atoms with van der Waals surface area (Å²) in [5, 5.41) is 0. The molecule has 3 heteroatoms. The Kier molecular flexibility index (Phi) is 14.5. The first-order valence-electron chi connectivity index (χ1n) is 16.5. The molecule has 0 amide bonds. The Morgan fingerprint density at radius 2 is 0.787 bits per heavy atom. The maximum atomic E-state index is 11.2. The maximum absolute atomic E-state index is 11.2. The Morgan fingerprint density at radius 1 is 0.511 bits per heavy atom. The Morgan fingerprint density at radius 3 is 1.02 bits per heavy atom. The molecule has 0 heterocycles. The molecule has 0 aromatic heterocycles. The van der Waals surface area contributed by atoms with Gasteiger partial charge in [0.25, 0.3) is 0 Å². The third-order valence-electron chi connectivity index (χ3n) is 9.58. The molecule has 6 rings (SSSR count). The van der Waals surface area contributed by atoms with Crippen LogP contribution in [0.3, 0.4) is 0 Å². The Bertz CT molecular complexity index is 1530. The monoisotopic (exact) mass is 704 g/mol. The number of carbonyl (C=O) groups excluding carboxylic acids is 1. The average molecular weight is 704 g/mol. The van der Waals surface area contributed by atoms with Crippen LogP contribution in [0.1, 0.15) is 57.9 Å². The molecule has 6 aromatic carbocycles. The first kappa shape index (κ1) is 37.3. The van der Waals surface area contributed by atoms with Gasteiger partial charge < -0.3 is 0 Å². The Balaban J connectivity index is 0.000000226. The van der Waals surface area contributed by atoms with Crippen molar-refractivity contribution in [3.63, 3.8) is 0 Å². The van der Waals surface area contributed by atoms with Crippen LogP contribution in [0.4, 0.5) is 0 Å². The van der Waals surface area contributed by atoms with Crippen LogP contribution in [0, 0.1) is 34.6 Å². The minimum atomic E-state index is -1.22. The van der Waals surface area contributed by atoms with Gasteiger partial charge in [-0.3, -0.25) is 4.79 Å². The minimum Gasteiger partial charge on any atom is -0.294 e. The smallest absolute Gasteiger partial charge is 0.294 e. The summed E-state index contributed by atoms with van der Waals surface area (Å²) in [6, 6.07) is 52.9. The van der Waals surface area contributed by atoms with E-state index in [-0.39, 0.29) is 25.3 Å². The summed E-state index contributed by atoms with van der Waals surface area (Å²) >= 11 is 0. The molecule has 0 spiro atoms. The van der Waals surface area contributed by atoms with E-state index in [2.05, 4.69) is 156 Å². The van der Waals surface area contributed by atoms with Gasteiger partial charge in [0.1, 0.15) is 6.15 Å². The zero-order valence-corrected chi connectivity index (χ0v) is 30.4. The zero-order chi connectivity index (χ0) is 32.9. The molecule has 0 saturated heterocycles. The molecule has 0 aliphatic heterocycles. The number of hydrogen-bond acceptors (Lipinski definition) is 1. The Labute approximate surface area is 296 Å². The Hall–Kier alpha value is -4.19. The fourth-order valence-electron chi connectivity index (χ4n) is 6.52. The SMILES string of the molecule is CCCC(=O)c1ccccc1.Cc1c(C)c(C)[c-](C)c1C.[Ru+].c1ccc([B-](c2ccccc2)(c2ccccc2)c2ccccc2)cc1. The number of benzene rings is 5. The summed E-state index contributed by atoms with van der Waals surface area (Å²) in [6.45, 7) is 13.0. The van der Waals surface area contributed by atoms with Crippen LogP contribution in [0.15, 0.2) is 152 Å². The predicted molar refractivity (Wildman–Crippen MR) is 201 cm³/mol. The van der Waals surface area contributed by atoms with Gasteiger partial charge in [0.15, 0.2) is 5.78 Å². The van der Waals surface area contributed by atoms with E-state index in [1.54, 1.807) is 0 Å². The van der Waals surface area contributed by atoms with Crippen molar-refractivity contribution in [2.75, 3.05) is 0 Å². The van der Waals surface area contributed by atoms with E-state index in [1.165, 1.54) is 49.7 Å². The second-order valence-corrected chi connectivity index (χ2v) is 12.2. The van der Waals surface area contributed by atoms with Crippen molar-refractivity contribution in [3.05, 3.63) is 185 Å². The first-order chi connectivity index (χ1) is 22.3. The number of carbonyl (C=O) groups is 1. The molecule has 0 atom stereocenters. The second-order valence-electron chi connectivity index (χ2n) is 12.2. The minimum absolute atomic E-state index is 0. The fourth-order valence-corrected chi connectivity index (χ4v) is 6.52. The number of rotatable bonds is 7. The van der Waals surface area contributed by atoms with Crippen LogP contribution in [-0.2, 0) is 19.5 Å². The van der Waals surface area contributed by atoms with Crippen LogP contribution in [0.25, 0.3) is 0 Å². The molecular weight excluding hydrogens is 656 g/mol. The van der Waals surface area contributed by atoms with Crippen LogP contribution in [0.5, 0.6) is 0 Å². The summed E-state index contributed by atoms with van der Waals surface area (Å²) in [6.07, 6.45) is 0.366. The summed E-state index contributed by atoms with van der Waals surface area (Å²) in [5.41, 5.74) is 13.5. The average Bonchev–Trinajstić information content (AvgIpc) is 3.29. The molecule has 1 nitrogen and oxygen atoms in total. The number of ketones is 1. The van der Waals surface area contributed by atoms with Crippen LogP contribution in [0.2, 0.25) is 0 Å². The van der Waals surface area contributed by atoms with Crippen molar-refractivity contribution >= 4 is 33.8 Å². The van der Waals surface area contributed by atoms with Crippen molar-refractivity contribution < 1.29 is 24.3 Å². The van der Waals surface area contributed by atoms with Crippen LogP contribution < -0.4 is 21.9 Å². The van der Waals surface area contributed by atoms with E-state index in [9.17, 15) is 4.79 Å². The van der Waals surface area contributed by atoms with Crippen molar-refractivity contribution in [1.82, 2.24) is 0 Å². The van der Waals surface area contributed by atoms with Gasteiger partial charge in [0, 0.05) is 12.0 Å². The van der Waals surface area contributed by atoms with E-state index in [1.807, 2.05) is 37.3 Å². The van der Waals surface area contributed by atoms with E-state index < -0.39 is 6.15 Å². The van der Waals surface area contributed by atoms with Crippen molar-refractivity contribution in [3.8, 4) is 0 Å². The van der Waals surface area contributed by atoms with Gasteiger partial charge in [0.2, 0.25) is 0 Å². The molecule has 241 valence electrons. The molecule has 6 aromatic rings. The van der Waals surface area contributed by atoms with Crippen molar-refractivity contribution in [2.45, 2.75) is 54.4 Å². The molecule has 0 unspecified atom stereocenters. The molecule has 0 N–H and O–H groups in total. The second kappa shape index (κ2) is 18.2. The van der Waals surface area contributed by atoms with Crippen molar-refractivity contribution in [2.24, 2.45) is 0 Å². The number of Topliss-reactive ketones (excluding diaryl/α,β-unsaturated/α-hetero) is 1. The maximum Gasteiger partial charge on any atom is 1.00 e. The third kappa shape index (κ3) is 8.79. The zero-order valence-electron chi connectivity index (χ0n) is 28.7. The largest absolute Gasteiger partial charge is 1.00 e. The topological polar surface area (TPSA) is 17.1 Å². The van der Waals surface area contributed by atoms with Gasteiger partial charge >= 0.3 is 19.5 Å². The molecule has 0 aliphatic carbocycles. The molecule has 47 heavy (non-hydrogen) atoms. The predicted octanol–water partition coefficient (Wildman–Crippen LogP) is 8.68. The summed E-state index contributed by atoms with van der Waals surface area (Å²) in [7, 11) is 0. The fraction of sp³-hybridized carbons (Fsp3) is 0.182. The molecular formula is C44H47BORu-. The summed E-state index contributed by atoms with van der Waals surface area (Å²) in [5.74, 6) is 0.244. The van der Waals surface area contributed by atoms with E-state index in [0.29, 0.717) is 6.42 Å². The summed E-state index contributed by atoms with van der Waals surface area (Å²) < 4.78 is 0. The summed E-state index contributed by atoms with van der Waals surface area (Å²) in [4.78, 5) is 11.2. The third-order valence-corrected chi connectivity index (χ3v) is 9.58.